The highest BCUT2D eigenvalue weighted by molar-refractivity contribution is 6.30. The number of carbonyl (C=O) groups is 2. The number of imide groups is 1. The van der Waals surface area contributed by atoms with Gasteiger partial charge in [0.25, 0.3) is 5.91 Å². The molecule has 6 nitrogen and oxygen atoms in total. The Balaban J connectivity index is 2.02. The largest absolute Gasteiger partial charge is 0.496 e. The van der Waals surface area contributed by atoms with E-state index in [9.17, 15) is 9.59 Å². The molecule has 3 amide bonds. The van der Waals surface area contributed by atoms with Crippen molar-refractivity contribution in [1.29, 1.82) is 0 Å². The molecule has 23 heavy (non-hydrogen) atoms. The number of halogens is 1. The van der Waals surface area contributed by atoms with Crippen molar-refractivity contribution in [2.45, 2.75) is 32.4 Å². The van der Waals surface area contributed by atoms with E-state index in [1.165, 1.54) is 4.90 Å². The van der Waals surface area contributed by atoms with Crippen LogP contribution in [-0.2, 0) is 11.3 Å². The number of rotatable bonds is 7. The van der Waals surface area contributed by atoms with Gasteiger partial charge >= 0.3 is 6.03 Å². The normalized spacial score (nSPS) is 19.0. The van der Waals surface area contributed by atoms with Gasteiger partial charge in [-0.05, 0) is 24.6 Å². The molecule has 2 atom stereocenters. The molecule has 0 saturated carbocycles. The van der Waals surface area contributed by atoms with Crippen LogP contribution in [0.2, 0.25) is 5.02 Å². The van der Waals surface area contributed by atoms with Gasteiger partial charge in [0.15, 0.2) is 6.67 Å². The molecule has 0 aromatic heterocycles. The van der Waals surface area contributed by atoms with E-state index in [1.807, 2.05) is 26.1 Å². The van der Waals surface area contributed by atoms with Crippen molar-refractivity contribution in [2.24, 2.45) is 0 Å². The first-order chi connectivity index (χ1) is 11.0. The Morgan fingerprint density at radius 3 is 2.78 bits per heavy atom. The summed E-state index contributed by atoms with van der Waals surface area (Å²) in [7, 11) is 3.53. The Morgan fingerprint density at radius 1 is 1.39 bits per heavy atom. The molecule has 1 aliphatic rings. The zero-order valence-corrected chi connectivity index (χ0v) is 14.4. The van der Waals surface area contributed by atoms with Crippen LogP contribution in [0.5, 0.6) is 5.75 Å². The van der Waals surface area contributed by atoms with Crippen LogP contribution in [-0.4, -0.2) is 43.7 Å². The van der Waals surface area contributed by atoms with Crippen LogP contribution in [0.1, 0.15) is 25.3 Å². The standard InChI is InChI=1S/C16H22ClN3O3/c1-4-5-13-15(21)20(16(22)18-13)10-19(2)9-11-8-12(17)6-7-14(11)23-3/h6-8,13H,4-5,9-10H2,1-3H3,(H,18,22)/p+1/t13-/m1/s1. The van der Waals surface area contributed by atoms with Crippen LogP contribution >= 0.6 is 11.6 Å². The van der Waals surface area contributed by atoms with Crippen molar-refractivity contribution in [3.8, 4) is 5.75 Å². The van der Waals surface area contributed by atoms with Crippen LogP contribution in [0.3, 0.4) is 0 Å². The summed E-state index contributed by atoms with van der Waals surface area (Å²) in [5.41, 5.74) is 0.940. The smallest absolute Gasteiger partial charge is 0.329 e. The van der Waals surface area contributed by atoms with E-state index in [1.54, 1.807) is 13.2 Å². The van der Waals surface area contributed by atoms with Crippen LogP contribution in [0.25, 0.3) is 0 Å². The first kappa shape index (κ1) is 17.6. The topological polar surface area (TPSA) is 63.1 Å². The van der Waals surface area contributed by atoms with E-state index in [2.05, 4.69) is 5.32 Å². The zero-order chi connectivity index (χ0) is 17.0. The number of carbonyl (C=O) groups excluding carboxylic acids is 2. The highest BCUT2D eigenvalue weighted by Crippen LogP contribution is 2.21. The first-order valence-corrected chi connectivity index (χ1v) is 8.09. The molecule has 1 aromatic rings. The van der Waals surface area contributed by atoms with Crippen LogP contribution in [0.15, 0.2) is 18.2 Å². The van der Waals surface area contributed by atoms with Gasteiger partial charge in [-0.3, -0.25) is 4.79 Å². The van der Waals surface area contributed by atoms with E-state index in [-0.39, 0.29) is 18.0 Å². The summed E-state index contributed by atoms with van der Waals surface area (Å²) >= 11 is 6.03. The molecule has 0 spiro atoms. The molecule has 0 radical (unpaired) electrons. The fourth-order valence-corrected chi connectivity index (χ4v) is 2.94. The number of hydrogen-bond donors (Lipinski definition) is 2. The lowest BCUT2D eigenvalue weighted by atomic mass is 10.2. The van der Waals surface area contributed by atoms with Crippen molar-refractivity contribution in [2.75, 3.05) is 20.8 Å². The molecule has 1 aromatic carbocycles. The molecule has 0 aliphatic carbocycles. The quantitative estimate of drug-likeness (QED) is 0.729. The van der Waals surface area contributed by atoms with Gasteiger partial charge in [0.2, 0.25) is 0 Å². The van der Waals surface area contributed by atoms with E-state index in [0.29, 0.717) is 24.7 Å². The predicted molar refractivity (Wildman–Crippen MR) is 87.5 cm³/mol. The third kappa shape index (κ3) is 4.14. The molecule has 1 fully saturated rings. The minimum Gasteiger partial charge on any atom is -0.496 e. The molecule has 7 heteroatoms. The fourth-order valence-electron chi connectivity index (χ4n) is 2.75. The molecule has 1 saturated heterocycles. The zero-order valence-electron chi connectivity index (χ0n) is 13.7. The van der Waals surface area contributed by atoms with Crippen molar-refractivity contribution in [1.82, 2.24) is 10.2 Å². The lowest BCUT2D eigenvalue weighted by Crippen LogP contribution is -3.09. The maximum Gasteiger partial charge on any atom is 0.329 e. The molecule has 2 rings (SSSR count). The Hall–Kier alpha value is -1.79. The Labute approximate surface area is 141 Å². The molecular weight excluding hydrogens is 318 g/mol. The van der Waals surface area contributed by atoms with Crippen molar-refractivity contribution < 1.29 is 19.2 Å². The maximum absolute atomic E-state index is 12.3. The van der Waals surface area contributed by atoms with E-state index in [0.717, 1.165) is 22.6 Å². The van der Waals surface area contributed by atoms with Crippen LogP contribution < -0.4 is 15.0 Å². The summed E-state index contributed by atoms with van der Waals surface area (Å²) in [5, 5.41) is 3.36. The Kier molecular flexibility index (Phi) is 5.85. The third-order valence-corrected chi connectivity index (χ3v) is 4.08. The summed E-state index contributed by atoms with van der Waals surface area (Å²) in [6.45, 7) is 2.89. The number of nitrogens with one attached hydrogen (secondary N) is 2. The van der Waals surface area contributed by atoms with Gasteiger partial charge < -0.3 is 15.0 Å². The molecular formula is C16H23ClN3O3+. The average Bonchev–Trinajstić information content (AvgIpc) is 2.75. The van der Waals surface area contributed by atoms with Gasteiger partial charge in [-0.25, -0.2) is 9.69 Å². The van der Waals surface area contributed by atoms with Gasteiger partial charge in [-0.2, -0.15) is 0 Å². The monoisotopic (exact) mass is 340 g/mol. The van der Waals surface area contributed by atoms with E-state index in [4.69, 9.17) is 16.3 Å². The first-order valence-electron chi connectivity index (χ1n) is 7.71. The number of quaternary nitrogens is 1. The lowest BCUT2D eigenvalue weighted by Gasteiger charge is -2.20. The molecule has 126 valence electrons. The summed E-state index contributed by atoms with van der Waals surface area (Å²) in [5.74, 6) is 0.601. The van der Waals surface area contributed by atoms with Gasteiger partial charge in [-0.15, -0.1) is 0 Å². The molecule has 1 heterocycles. The SMILES string of the molecule is CCC[C@H]1NC(=O)N(C[NH+](C)Cc2cc(Cl)ccc2OC)C1=O. The van der Waals surface area contributed by atoms with Crippen molar-refractivity contribution in [3.63, 3.8) is 0 Å². The number of nitrogens with zero attached hydrogens (tertiary/aromatic N) is 1. The Bertz CT molecular complexity index is 594. The van der Waals surface area contributed by atoms with Crippen molar-refractivity contribution >= 4 is 23.5 Å². The summed E-state index contributed by atoms with van der Waals surface area (Å²) in [6, 6.07) is 4.73. The van der Waals surface area contributed by atoms with Gasteiger partial charge in [-0.1, -0.05) is 24.9 Å². The average molecular weight is 341 g/mol. The van der Waals surface area contributed by atoms with Gasteiger partial charge in [0, 0.05) is 10.6 Å². The second-order valence-corrected chi connectivity index (χ2v) is 6.24. The minimum absolute atomic E-state index is 0.144. The highest BCUT2D eigenvalue weighted by Gasteiger charge is 2.38. The third-order valence-electron chi connectivity index (χ3n) is 3.85. The lowest BCUT2D eigenvalue weighted by molar-refractivity contribution is -0.901. The summed E-state index contributed by atoms with van der Waals surface area (Å²) in [6.07, 6.45) is 1.52. The second kappa shape index (κ2) is 7.66. The molecule has 0 bridgehead atoms. The number of amides is 3. The number of benzene rings is 1. The molecule has 1 unspecified atom stereocenters. The second-order valence-electron chi connectivity index (χ2n) is 5.81. The van der Waals surface area contributed by atoms with E-state index >= 15 is 0 Å². The number of urea groups is 1. The fraction of sp³-hybridized carbons (Fsp3) is 0.500. The van der Waals surface area contributed by atoms with Crippen molar-refractivity contribution in [3.05, 3.63) is 28.8 Å². The van der Waals surface area contributed by atoms with Gasteiger partial charge in [0.05, 0.1) is 14.2 Å². The predicted octanol–water partition coefficient (Wildman–Crippen LogP) is 1.04. The molecule has 2 N–H and O–H groups in total. The van der Waals surface area contributed by atoms with Crippen LogP contribution in [0.4, 0.5) is 4.79 Å². The Morgan fingerprint density at radius 2 is 2.13 bits per heavy atom. The number of ether oxygens (including phenoxy) is 1. The summed E-state index contributed by atoms with van der Waals surface area (Å²) in [4.78, 5) is 26.5. The maximum atomic E-state index is 12.3. The summed E-state index contributed by atoms with van der Waals surface area (Å²) < 4.78 is 5.33. The van der Waals surface area contributed by atoms with Gasteiger partial charge in [0.1, 0.15) is 18.3 Å². The van der Waals surface area contributed by atoms with E-state index < -0.39 is 0 Å². The minimum atomic E-state index is -0.388. The molecule has 1 aliphatic heterocycles. The van der Waals surface area contributed by atoms with Crippen LogP contribution in [0, 0.1) is 0 Å². The highest BCUT2D eigenvalue weighted by atomic mass is 35.5. The number of hydrogen-bond acceptors (Lipinski definition) is 3. The number of methoxy groups -OCH3 is 1.